The Kier molecular flexibility index (Phi) is 6.89. The van der Waals surface area contributed by atoms with E-state index in [4.69, 9.17) is 12.2 Å². The van der Waals surface area contributed by atoms with Crippen molar-refractivity contribution in [1.82, 2.24) is 9.91 Å². The fourth-order valence-corrected chi connectivity index (χ4v) is 6.03. The number of halogens is 1. The standard InChI is InChI=1S/C20H20FN3OS4/c21-15-5-3-14(4-6-15)17-12-16(18-2-1-9-28-18)22-24(17)19(25)13-29-20(26)23-7-10-27-11-8-23/h1-6,9,17H,7-8,10-13H2/t17-/m0/s1. The first-order valence-corrected chi connectivity index (χ1v) is 12.7. The molecular weight excluding hydrogens is 446 g/mol. The number of thioether (sulfide) groups is 2. The predicted octanol–water partition coefficient (Wildman–Crippen LogP) is 4.63. The Morgan fingerprint density at radius 2 is 2.00 bits per heavy atom. The van der Waals surface area contributed by atoms with Crippen LogP contribution in [0, 0.1) is 5.82 Å². The lowest BCUT2D eigenvalue weighted by Gasteiger charge is -2.28. The summed E-state index contributed by atoms with van der Waals surface area (Å²) in [5, 5.41) is 8.20. The summed E-state index contributed by atoms with van der Waals surface area (Å²) in [7, 11) is 0. The summed E-state index contributed by atoms with van der Waals surface area (Å²) in [5.41, 5.74) is 1.78. The highest BCUT2D eigenvalue weighted by atomic mass is 32.2. The van der Waals surface area contributed by atoms with Crippen molar-refractivity contribution in [1.29, 1.82) is 0 Å². The fraction of sp³-hybridized carbons (Fsp3) is 0.350. The second-order valence-electron chi connectivity index (χ2n) is 6.69. The highest BCUT2D eigenvalue weighted by Crippen LogP contribution is 2.34. The minimum absolute atomic E-state index is 0.0791. The molecule has 1 fully saturated rings. The smallest absolute Gasteiger partial charge is 0.253 e. The van der Waals surface area contributed by atoms with Gasteiger partial charge in [0.05, 0.1) is 22.4 Å². The van der Waals surface area contributed by atoms with Crippen molar-refractivity contribution in [2.24, 2.45) is 5.10 Å². The summed E-state index contributed by atoms with van der Waals surface area (Å²) < 4.78 is 14.2. The van der Waals surface area contributed by atoms with Crippen molar-refractivity contribution in [2.75, 3.05) is 30.3 Å². The van der Waals surface area contributed by atoms with E-state index in [1.54, 1.807) is 28.5 Å². The zero-order valence-corrected chi connectivity index (χ0v) is 18.9. The van der Waals surface area contributed by atoms with Gasteiger partial charge >= 0.3 is 0 Å². The zero-order chi connectivity index (χ0) is 20.2. The Morgan fingerprint density at radius 1 is 1.24 bits per heavy atom. The molecule has 9 heteroatoms. The minimum atomic E-state index is -0.287. The van der Waals surface area contributed by atoms with Crippen LogP contribution in [-0.4, -0.2) is 56.2 Å². The molecule has 1 saturated heterocycles. The van der Waals surface area contributed by atoms with Gasteiger partial charge in [-0.25, -0.2) is 9.40 Å². The van der Waals surface area contributed by atoms with Crippen molar-refractivity contribution < 1.29 is 9.18 Å². The van der Waals surface area contributed by atoms with Crippen LogP contribution in [0.3, 0.4) is 0 Å². The molecule has 0 radical (unpaired) electrons. The summed E-state index contributed by atoms with van der Waals surface area (Å²) in [6.07, 6.45) is 0.621. The van der Waals surface area contributed by atoms with Crippen molar-refractivity contribution in [3.05, 3.63) is 58.0 Å². The Morgan fingerprint density at radius 3 is 2.69 bits per heavy atom. The number of hydrogen-bond donors (Lipinski definition) is 0. The summed E-state index contributed by atoms with van der Waals surface area (Å²) in [6, 6.07) is 10.1. The van der Waals surface area contributed by atoms with Gasteiger partial charge in [0.1, 0.15) is 10.1 Å². The number of carbonyl (C=O) groups excluding carboxylic acids is 1. The van der Waals surface area contributed by atoms with E-state index >= 15 is 0 Å². The third-order valence-corrected chi connectivity index (χ3v) is 8.18. The number of nitrogens with zero attached hydrogens (tertiary/aromatic N) is 3. The third-order valence-electron chi connectivity index (χ3n) is 4.81. The van der Waals surface area contributed by atoms with E-state index in [9.17, 15) is 9.18 Å². The second-order valence-corrected chi connectivity index (χ2v) is 10.5. The van der Waals surface area contributed by atoms with E-state index < -0.39 is 0 Å². The Bertz CT molecular complexity index is 895. The maximum Gasteiger partial charge on any atom is 0.253 e. The number of benzene rings is 1. The quantitative estimate of drug-likeness (QED) is 0.615. The summed E-state index contributed by atoms with van der Waals surface area (Å²) in [6.45, 7) is 1.88. The van der Waals surface area contributed by atoms with Crippen molar-refractivity contribution in [3.63, 3.8) is 0 Å². The van der Waals surface area contributed by atoms with Crippen molar-refractivity contribution >= 4 is 63.0 Å². The molecule has 1 aromatic heterocycles. The topological polar surface area (TPSA) is 35.9 Å². The zero-order valence-electron chi connectivity index (χ0n) is 15.6. The lowest BCUT2D eigenvalue weighted by molar-refractivity contribution is -0.130. The lowest BCUT2D eigenvalue weighted by atomic mass is 10.0. The minimum Gasteiger partial charge on any atom is -0.356 e. The van der Waals surface area contributed by atoms with Crippen LogP contribution in [0.2, 0.25) is 0 Å². The predicted molar refractivity (Wildman–Crippen MR) is 125 cm³/mol. The molecule has 4 rings (SSSR count). The highest BCUT2D eigenvalue weighted by molar-refractivity contribution is 8.23. The van der Waals surface area contributed by atoms with Crippen molar-refractivity contribution in [2.45, 2.75) is 12.5 Å². The van der Waals surface area contributed by atoms with Gasteiger partial charge in [-0.15, -0.1) is 11.3 Å². The molecule has 0 spiro atoms. The van der Waals surface area contributed by atoms with E-state index in [2.05, 4.69) is 10.0 Å². The molecular formula is C20H20FN3OS4. The Hall–Kier alpha value is -1.42. The first kappa shape index (κ1) is 20.8. The van der Waals surface area contributed by atoms with Crippen LogP contribution in [0.1, 0.15) is 22.9 Å². The Balaban J connectivity index is 1.48. The fourth-order valence-electron chi connectivity index (χ4n) is 3.30. The molecule has 1 atom stereocenters. The average molecular weight is 466 g/mol. The maximum atomic E-state index is 13.4. The molecule has 2 aromatic rings. The van der Waals surface area contributed by atoms with Crippen LogP contribution < -0.4 is 0 Å². The van der Waals surface area contributed by atoms with Crippen LogP contribution in [0.15, 0.2) is 46.9 Å². The van der Waals surface area contributed by atoms with E-state index in [0.717, 1.165) is 45.1 Å². The molecule has 0 N–H and O–H groups in total. The van der Waals surface area contributed by atoms with E-state index in [-0.39, 0.29) is 23.5 Å². The molecule has 4 nitrogen and oxygen atoms in total. The van der Waals surface area contributed by atoms with Gasteiger partial charge in [-0.05, 0) is 29.1 Å². The molecule has 0 bridgehead atoms. The van der Waals surface area contributed by atoms with Crippen LogP contribution in [0.5, 0.6) is 0 Å². The molecule has 3 heterocycles. The van der Waals surface area contributed by atoms with E-state index in [1.165, 1.54) is 23.9 Å². The Labute approximate surface area is 187 Å². The van der Waals surface area contributed by atoms with Crippen LogP contribution in [-0.2, 0) is 4.79 Å². The molecule has 29 heavy (non-hydrogen) atoms. The van der Waals surface area contributed by atoms with Gasteiger partial charge in [-0.2, -0.15) is 16.9 Å². The third kappa shape index (κ3) is 5.02. The van der Waals surface area contributed by atoms with Gasteiger partial charge in [-0.3, -0.25) is 4.79 Å². The number of thiocarbonyl (C=S) groups is 1. The van der Waals surface area contributed by atoms with E-state index in [0.29, 0.717) is 6.42 Å². The number of thiophene rings is 1. The SMILES string of the molecule is O=C(CSC(=S)N1CCSCC1)N1N=C(c2cccs2)C[C@H]1c1ccc(F)cc1. The first-order chi connectivity index (χ1) is 14.1. The molecule has 2 aliphatic heterocycles. The van der Waals surface area contributed by atoms with Crippen LogP contribution in [0.4, 0.5) is 4.39 Å². The summed E-state index contributed by atoms with van der Waals surface area (Å²) >= 11 is 10.5. The van der Waals surface area contributed by atoms with Gasteiger partial charge < -0.3 is 4.90 Å². The highest BCUT2D eigenvalue weighted by Gasteiger charge is 2.33. The monoisotopic (exact) mass is 465 g/mol. The van der Waals surface area contributed by atoms with Gasteiger partial charge in [0.25, 0.3) is 5.91 Å². The van der Waals surface area contributed by atoms with Gasteiger partial charge in [0.15, 0.2) is 0 Å². The number of hydrogen-bond acceptors (Lipinski definition) is 6. The molecule has 1 amide bonds. The second kappa shape index (κ2) is 9.59. The van der Waals surface area contributed by atoms with Gasteiger partial charge in [0, 0.05) is 31.0 Å². The number of rotatable bonds is 4. The van der Waals surface area contributed by atoms with Crippen LogP contribution in [0.25, 0.3) is 0 Å². The summed E-state index contributed by atoms with van der Waals surface area (Å²) in [4.78, 5) is 16.3. The molecule has 152 valence electrons. The molecule has 0 unspecified atom stereocenters. The van der Waals surface area contributed by atoms with Crippen LogP contribution >= 0.6 is 47.1 Å². The maximum absolute atomic E-state index is 13.4. The largest absolute Gasteiger partial charge is 0.356 e. The average Bonchev–Trinajstić information content (AvgIpc) is 3.43. The molecule has 2 aliphatic rings. The van der Waals surface area contributed by atoms with Gasteiger partial charge in [-0.1, -0.05) is 42.2 Å². The van der Waals surface area contributed by atoms with Gasteiger partial charge in [0.2, 0.25) is 0 Å². The summed E-state index contributed by atoms with van der Waals surface area (Å²) in [5.74, 6) is 2.03. The lowest BCUT2D eigenvalue weighted by Crippen LogP contribution is -2.36. The first-order valence-electron chi connectivity index (χ1n) is 9.30. The molecule has 1 aromatic carbocycles. The number of hydrazone groups is 1. The number of carbonyl (C=O) groups is 1. The van der Waals surface area contributed by atoms with Crippen molar-refractivity contribution in [3.8, 4) is 0 Å². The number of amides is 1. The molecule has 0 aliphatic carbocycles. The molecule has 0 saturated carbocycles. The van der Waals surface area contributed by atoms with E-state index in [1.807, 2.05) is 29.3 Å². The normalized spacial score (nSPS) is 19.3.